The van der Waals surface area contributed by atoms with Crippen molar-refractivity contribution in [1.82, 2.24) is 4.90 Å². The van der Waals surface area contributed by atoms with Crippen LogP contribution in [0, 0.1) is 11.8 Å². The monoisotopic (exact) mass is 385 g/mol. The molecule has 5 nitrogen and oxygen atoms in total. The summed E-state index contributed by atoms with van der Waals surface area (Å²) in [5.41, 5.74) is 1.54. The summed E-state index contributed by atoms with van der Waals surface area (Å²) < 4.78 is 0. The molecule has 1 aliphatic heterocycles. The molecule has 0 unspecified atom stereocenters. The number of rotatable bonds is 4. The average Bonchev–Trinajstić information content (AvgIpc) is 2.70. The van der Waals surface area contributed by atoms with Crippen molar-refractivity contribution in [1.29, 1.82) is 0 Å². The standard InChI is InChI=1S/C21H24ClN3O2/c1-15(20(26)23-18-5-3-2-4-6-18)16-11-13-25(14-12-16)21(27)24-19-9-7-17(22)8-10-19/h2-10,15-16H,11-14H2,1H3,(H,23,26)(H,24,27)/t15-/m1/s1. The molecule has 0 spiro atoms. The van der Waals surface area contributed by atoms with Crippen molar-refractivity contribution in [2.75, 3.05) is 23.7 Å². The highest BCUT2D eigenvalue weighted by atomic mass is 35.5. The normalized spacial score (nSPS) is 15.9. The molecule has 0 radical (unpaired) electrons. The first-order valence-corrected chi connectivity index (χ1v) is 9.58. The maximum atomic E-state index is 12.5. The number of nitrogens with zero attached hydrogens (tertiary/aromatic N) is 1. The molecule has 3 rings (SSSR count). The maximum Gasteiger partial charge on any atom is 0.321 e. The Morgan fingerprint density at radius 1 is 0.963 bits per heavy atom. The molecule has 0 bridgehead atoms. The van der Waals surface area contributed by atoms with Crippen LogP contribution in [-0.4, -0.2) is 29.9 Å². The molecule has 2 aromatic carbocycles. The van der Waals surface area contributed by atoms with Crippen LogP contribution in [0.5, 0.6) is 0 Å². The van der Waals surface area contributed by atoms with Crippen molar-refractivity contribution in [3.05, 3.63) is 59.6 Å². The topological polar surface area (TPSA) is 61.4 Å². The zero-order chi connectivity index (χ0) is 19.2. The molecule has 1 aliphatic rings. The van der Waals surface area contributed by atoms with Crippen molar-refractivity contribution in [3.8, 4) is 0 Å². The van der Waals surface area contributed by atoms with E-state index in [2.05, 4.69) is 10.6 Å². The molecule has 3 amide bonds. The molecule has 1 atom stereocenters. The van der Waals surface area contributed by atoms with E-state index in [0.29, 0.717) is 18.1 Å². The highest BCUT2D eigenvalue weighted by Crippen LogP contribution is 2.26. The molecule has 2 N–H and O–H groups in total. The van der Waals surface area contributed by atoms with Crippen molar-refractivity contribution in [3.63, 3.8) is 0 Å². The Balaban J connectivity index is 1.48. The van der Waals surface area contributed by atoms with Crippen LogP contribution in [-0.2, 0) is 4.79 Å². The lowest BCUT2D eigenvalue weighted by atomic mass is 9.85. The van der Waals surface area contributed by atoms with Gasteiger partial charge in [0.05, 0.1) is 0 Å². The first kappa shape index (κ1) is 19.2. The van der Waals surface area contributed by atoms with Crippen LogP contribution in [0.15, 0.2) is 54.6 Å². The molecular formula is C21H24ClN3O2. The van der Waals surface area contributed by atoms with Gasteiger partial charge in [-0.2, -0.15) is 0 Å². The molecule has 0 aliphatic carbocycles. The number of halogens is 1. The largest absolute Gasteiger partial charge is 0.326 e. The Hall–Kier alpha value is -2.53. The molecular weight excluding hydrogens is 362 g/mol. The lowest BCUT2D eigenvalue weighted by Gasteiger charge is -2.34. The summed E-state index contributed by atoms with van der Waals surface area (Å²) in [4.78, 5) is 26.7. The third kappa shape index (κ3) is 5.23. The fourth-order valence-corrected chi connectivity index (χ4v) is 3.46. The number of piperidine rings is 1. The number of nitrogens with one attached hydrogen (secondary N) is 2. The van der Waals surface area contributed by atoms with E-state index < -0.39 is 0 Å². The number of hydrogen-bond donors (Lipinski definition) is 2. The summed E-state index contributed by atoms with van der Waals surface area (Å²) in [7, 11) is 0. The first-order chi connectivity index (χ1) is 13.0. The van der Waals surface area contributed by atoms with Crippen LogP contribution < -0.4 is 10.6 Å². The van der Waals surface area contributed by atoms with Gasteiger partial charge in [0, 0.05) is 35.4 Å². The minimum atomic E-state index is -0.114. The van der Waals surface area contributed by atoms with E-state index >= 15 is 0 Å². The second-order valence-electron chi connectivity index (χ2n) is 6.91. The van der Waals surface area contributed by atoms with E-state index in [1.165, 1.54) is 0 Å². The highest BCUT2D eigenvalue weighted by molar-refractivity contribution is 6.30. The predicted molar refractivity (Wildman–Crippen MR) is 109 cm³/mol. The van der Waals surface area contributed by atoms with E-state index in [9.17, 15) is 9.59 Å². The number of carbonyl (C=O) groups excluding carboxylic acids is 2. The second-order valence-corrected chi connectivity index (χ2v) is 7.34. The van der Waals surface area contributed by atoms with Crippen molar-refractivity contribution < 1.29 is 9.59 Å². The summed E-state index contributed by atoms with van der Waals surface area (Å²) >= 11 is 5.86. The van der Waals surface area contributed by atoms with Crippen LogP contribution >= 0.6 is 11.6 Å². The van der Waals surface area contributed by atoms with E-state index in [1.807, 2.05) is 37.3 Å². The van der Waals surface area contributed by atoms with Gasteiger partial charge in [0.25, 0.3) is 0 Å². The molecule has 1 saturated heterocycles. The summed E-state index contributed by atoms with van der Waals surface area (Å²) in [5.74, 6) is 0.213. The number of amides is 3. The summed E-state index contributed by atoms with van der Waals surface area (Å²) in [6.45, 7) is 3.26. The van der Waals surface area contributed by atoms with Crippen LogP contribution in [0.2, 0.25) is 5.02 Å². The Bertz CT molecular complexity index is 772. The number of para-hydroxylation sites is 1. The van der Waals surface area contributed by atoms with Crippen molar-refractivity contribution in [2.45, 2.75) is 19.8 Å². The van der Waals surface area contributed by atoms with E-state index in [0.717, 1.165) is 24.2 Å². The number of anilines is 2. The molecule has 0 saturated carbocycles. The van der Waals surface area contributed by atoms with Gasteiger partial charge in [0.1, 0.15) is 0 Å². The van der Waals surface area contributed by atoms with Gasteiger partial charge in [-0.3, -0.25) is 4.79 Å². The Morgan fingerprint density at radius 3 is 2.19 bits per heavy atom. The SMILES string of the molecule is C[C@@H](C(=O)Nc1ccccc1)C1CCN(C(=O)Nc2ccc(Cl)cc2)CC1. The number of urea groups is 1. The van der Waals surface area contributed by atoms with Crippen LogP contribution in [0.3, 0.4) is 0 Å². The predicted octanol–water partition coefficient (Wildman–Crippen LogP) is 4.86. The molecule has 1 heterocycles. The number of benzene rings is 2. The molecule has 142 valence electrons. The summed E-state index contributed by atoms with van der Waals surface area (Å²) in [6.07, 6.45) is 1.63. The fourth-order valence-electron chi connectivity index (χ4n) is 3.33. The Kier molecular flexibility index (Phi) is 6.35. The minimum absolute atomic E-state index is 0.0327. The van der Waals surface area contributed by atoms with Gasteiger partial charge in [-0.25, -0.2) is 4.79 Å². The lowest BCUT2D eigenvalue weighted by molar-refractivity contribution is -0.121. The van der Waals surface area contributed by atoms with Gasteiger partial charge < -0.3 is 15.5 Å². The quantitative estimate of drug-likeness (QED) is 0.789. The summed E-state index contributed by atoms with van der Waals surface area (Å²) in [5, 5.41) is 6.49. The lowest BCUT2D eigenvalue weighted by Crippen LogP contribution is -2.43. The molecule has 2 aromatic rings. The molecule has 6 heteroatoms. The van der Waals surface area contributed by atoms with Crippen LogP contribution in [0.4, 0.5) is 16.2 Å². The number of likely N-dealkylation sites (tertiary alicyclic amines) is 1. The third-order valence-electron chi connectivity index (χ3n) is 5.08. The smallest absolute Gasteiger partial charge is 0.321 e. The van der Waals surface area contributed by atoms with Gasteiger partial charge >= 0.3 is 6.03 Å². The number of hydrogen-bond acceptors (Lipinski definition) is 2. The van der Waals surface area contributed by atoms with Crippen molar-refractivity contribution >= 4 is 34.9 Å². The molecule has 0 aromatic heterocycles. The maximum absolute atomic E-state index is 12.5. The van der Waals surface area contributed by atoms with Gasteiger partial charge in [-0.05, 0) is 55.2 Å². The van der Waals surface area contributed by atoms with Crippen LogP contribution in [0.25, 0.3) is 0 Å². The fraction of sp³-hybridized carbons (Fsp3) is 0.333. The van der Waals surface area contributed by atoms with Gasteiger partial charge in [-0.1, -0.05) is 36.7 Å². The van der Waals surface area contributed by atoms with Crippen LogP contribution in [0.1, 0.15) is 19.8 Å². The highest BCUT2D eigenvalue weighted by Gasteiger charge is 2.29. The Morgan fingerprint density at radius 2 is 1.56 bits per heavy atom. The second kappa shape index (κ2) is 8.91. The Labute approximate surface area is 164 Å². The third-order valence-corrected chi connectivity index (χ3v) is 5.34. The van der Waals surface area contributed by atoms with E-state index in [-0.39, 0.29) is 23.8 Å². The zero-order valence-corrected chi connectivity index (χ0v) is 16.1. The average molecular weight is 386 g/mol. The molecule has 27 heavy (non-hydrogen) atoms. The van der Waals surface area contributed by atoms with Gasteiger partial charge in [0.15, 0.2) is 0 Å². The molecule has 1 fully saturated rings. The van der Waals surface area contributed by atoms with E-state index in [4.69, 9.17) is 11.6 Å². The van der Waals surface area contributed by atoms with Crippen molar-refractivity contribution in [2.24, 2.45) is 11.8 Å². The summed E-state index contributed by atoms with van der Waals surface area (Å²) in [6, 6.07) is 16.4. The van der Waals surface area contributed by atoms with E-state index in [1.54, 1.807) is 29.2 Å². The first-order valence-electron chi connectivity index (χ1n) is 9.20. The van der Waals surface area contributed by atoms with Gasteiger partial charge in [0.2, 0.25) is 5.91 Å². The minimum Gasteiger partial charge on any atom is -0.326 e. The zero-order valence-electron chi connectivity index (χ0n) is 15.3. The number of carbonyl (C=O) groups is 2. The van der Waals surface area contributed by atoms with Gasteiger partial charge in [-0.15, -0.1) is 0 Å².